The lowest BCUT2D eigenvalue weighted by molar-refractivity contribution is -0.166. The van der Waals surface area contributed by atoms with E-state index in [4.69, 9.17) is 14.2 Å². The zero-order valence-electron chi connectivity index (χ0n) is 41.4. The van der Waals surface area contributed by atoms with Gasteiger partial charge < -0.3 is 14.2 Å². The van der Waals surface area contributed by atoms with E-state index in [9.17, 15) is 14.4 Å². The Bertz CT molecular complexity index is 1450. The summed E-state index contributed by atoms with van der Waals surface area (Å²) in [5, 5.41) is 0. The number of hydrogen-bond acceptors (Lipinski definition) is 6. The predicted octanol–water partition coefficient (Wildman–Crippen LogP) is 17.1. The zero-order valence-corrected chi connectivity index (χ0v) is 41.4. The first kappa shape index (κ1) is 60.5. The van der Waals surface area contributed by atoms with E-state index in [1.165, 1.54) is 25.7 Å². The summed E-state index contributed by atoms with van der Waals surface area (Å²) in [5.74, 6) is -1.05. The number of ether oxygens (including phenoxy) is 3. The standard InChI is InChI=1S/C59H92O6/c1-4-7-10-13-16-19-22-24-26-28-29-31-32-34-37-40-43-46-49-52-58(61)64-55-56(54-63-57(60)51-48-45-42-39-36-21-18-15-12-9-6-3)65-59(62)53-50-47-44-41-38-35-33-30-27-25-23-20-17-14-11-8-5-2/h7-8,10-11,15-20,24-27,29,31,33-35,37,43,46,56H,4-6,9,12-14,21-23,28,30,32,36,38-42,44-45,47-55H2,1-3H3/b10-7-,11-8-,18-15-,19-16-,20-17-,26-24-,27-25-,31-29-,35-33-,37-34-,46-43-/t56-/m0/s1. The predicted molar refractivity (Wildman–Crippen MR) is 279 cm³/mol. The Labute approximate surface area is 398 Å². The second-order valence-electron chi connectivity index (χ2n) is 16.3. The molecule has 0 aromatic rings. The highest BCUT2D eigenvalue weighted by Gasteiger charge is 2.19. The van der Waals surface area contributed by atoms with Gasteiger partial charge in [-0.3, -0.25) is 14.4 Å². The Morgan fingerprint density at radius 3 is 1.05 bits per heavy atom. The summed E-state index contributed by atoms with van der Waals surface area (Å²) in [7, 11) is 0. The van der Waals surface area contributed by atoms with Crippen molar-refractivity contribution in [1.29, 1.82) is 0 Å². The molecule has 0 aromatic carbocycles. The molecule has 6 heteroatoms. The van der Waals surface area contributed by atoms with Gasteiger partial charge in [0.15, 0.2) is 6.10 Å². The van der Waals surface area contributed by atoms with Crippen molar-refractivity contribution in [3.05, 3.63) is 134 Å². The van der Waals surface area contributed by atoms with Crippen LogP contribution in [0.2, 0.25) is 0 Å². The number of carbonyl (C=O) groups is 3. The third-order valence-corrected chi connectivity index (χ3v) is 10.1. The van der Waals surface area contributed by atoms with Gasteiger partial charge in [-0.1, -0.05) is 199 Å². The van der Waals surface area contributed by atoms with Crippen LogP contribution in [0.1, 0.15) is 201 Å². The van der Waals surface area contributed by atoms with Crippen molar-refractivity contribution in [1.82, 2.24) is 0 Å². The number of esters is 3. The van der Waals surface area contributed by atoms with Crippen molar-refractivity contribution >= 4 is 17.9 Å². The molecule has 0 amide bonds. The monoisotopic (exact) mass is 897 g/mol. The van der Waals surface area contributed by atoms with Crippen molar-refractivity contribution in [3.63, 3.8) is 0 Å². The quantitative estimate of drug-likeness (QED) is 0.0262. The summed E-state index contributed by atoms with van der Waals surface area (Å²) in [4.78, 5) is 37.9. The minimum atomic E-state index is -0.829. The highest BCUT2D eigenvalue weighted by Crippen LogP contribution is 2.12. The number of unbranched alkanes of at least 4 members (excludes halogenated alkanes) is 11. The van der Waals surface area contributed by atoms with Crippen LogP contribution in [0.5, 0.6) is 0 Å². The lowest BCUT2D eigenvalue weighted by atomic mass is 10.1. The van der Waals surface area contributed by atoms with Crippen LogP contribution in [0.3, 0.4) is 0 Å². The van der Waals surface area contributed by atoms with Gasteiger partial charge in [0.2, 0.25) is 0 Å². The normalized spacial score (nSPS) is 13.2. The second-order valence-corrected chi connectivity index (χ2v) is 16.3. The van der Waals surface area contributed by atoms with E-state index in [2.05, 4.69) is 142 Å². The first-order valence-corrected chi connectivity index (χ1v) is 25.7. The SMILES string of the molecule is CC/C=C\C/C=C\C/C=C\C/C=C\C/C=C\C/C=C\CCC(=O)OC[C@H](COC(=O)CCCCCCC/C=C\CCCC)OC(=O)CCCCCC/C=C\C/C=C\C/C=C\C/C=C\CC. The van der Waals surface area contributed by atoms with Gasteiger partial charge >= 0.3 is 17.9 Å². The number of hydrogen-bond donors (Lipinski definition) is 0. The van der Waals surface area contributed by atoms with Crippen molar-refractivity contribution < 1.29 is 28.6 Å². The van der Waals surface area contributed by atoms with Gasteiger partial charge in [0, 0.05) is 19.3 Å². The summed E-state index contributed by atoms with van der Waals surface area (Å²) >= 11 is 0. The van der Waals surface area contributed by atoms with E-state index in [0.717, 1.165) is 128 Å². The highest BCUT2D eigenvalue weighted by atomic mass is 16.6. The smallest absolute Gasteiger partial charge is 0.306 e. The average molecular weight is 897 g/mol. The van der Waals surface area contributed by atoms with Gasteiger partial charge in [0.05, 0.1) is 0 Å². The molecular formula is C59H92O6. The van der Waals surface area contributed by atoms with E-state index in [-0.39, 0.29) is 44.0 Å². The molecule has 0 spiro atoms. The number of carbonyl (C=O) groups excluding carboxylic acids is 3. The Hall–Kier alpha value is -4.45. The summed E-state index contributed by atoms with van der Waals surface area (Å²) < 4.78 is 16.7. The summed E-state index contributed by atoms with van der Waals surface area (Å²) in [6.07, 6.45) is 73.0. The minimum Gasteiger partial charge on any atom is -0.462 e. The van der Waals surface area contributed by atoms with Crippen LogP contribution >= 0.6 is 0 Å². The molecule has 1 atom stereocenters. The maximum absolute atomic E-state index is 12.8. The number of rotatable bonds is 44. The lowest BCUT2D eigenvalue weighted by Gasteiger charge is -2.18. The third kappa shape index (κ3) is 50.4. The molecule has 0 N–H and O–H groups in total. The lowest BCUT2D eigenvalue weighted by Crippen LogP contribution is -2.30. The van der Waals surface area contributed by atoms with Gasteiger partial charge in [0.25, 0.3) is 0 Å². The van der Waals surface area contributed by atoms with Crippen LogP contribution in [0.15, 0.2) is 134 Å². The summed E-state index contributed by atoms with van der Waals surface area (Å²) in [6, 6.07) is 0. The molecule has 0 fully saturated rings. The topological polar surface area (TPSA) is 78.9 Å². The van der Waals surface area contributed by atoms with E-state index in [1.807, 2.05) is 12.2 Å². The fourth-order valence-electron chi connectivity index (χ4n) is 6.32. The molecule has 0 aromatic heterocycles. The Kier molecular flexibility index (Phi) is 48.6. The Morgan fingerprint density at radius 2 is 0.631 bits per heavy atom. The van der Waals surface area contributed by atoms with Crippen molar-refractivity contribution in [2.24, 2.45) is 0 Å². The first-order valence-electron chi connectivity index (χ1n) is 25.7. The van der Waals surface area contributed by atoms with Crippen molar-refractivity contribution in [2.45, 2.75) is 207 Å². The second kappa shape index (κ2) is 52.2. The fraction of sp³-hybridized carbons (Fsp3) is 0.576. The van der Waals surface area contributed by atoms with Crippen LogP contribution < -0.4 is 0 Å². The molecule has 6 nitrogen and oxygen atoms in total. The molecule has 0 heterocycles. The molecule has 0 bridgehead atoms. The van der Waals surface area contributed by atoms with Gasteiger partial charge in [-0.05, 0) is 116 Å². The van der Waals surface area contributed by atoms with Gasteiger partial charge in [-0.25, -0.2) is 0 Å². The highest BCUT2D eigenvalue weighted by molar-refractivity contribution is 5.71. The van der Waals surface area contributed by atoms with Crippen LogP contribution in [-0.4, -0.2) is 37.2 Å². The molecule has 0 saturated carbocycles. The molecule has 0 rings (SSSR count). The number of allylic oxidation sites excluding steroid dienone is 22. The summed E-state index contributed by atoms with van der Waals surface area (Å²) in [5.41, 5.74) is 0. The molecule has 65 heavy (non-hydrogen) atoms. The molecule has 364 valence electrons. The Balaban J connectivity index is 4.57. The molecule has 0 radical (unpaired) electrons. The zero-order chi connectivity index (χ0) is 47.2. The fourth-order valence-corrected chi connectivity index (χ4v) is 6.32. The molecule has 0 aliphatic rings. The van der Waals surface area contributed by atoms with Gasteiger partial charge in [0.1, 0.15) is 13.2 Å². The van der Waals surface area contributed by atoms with Crippen LogP contribution in [-0.2, 0) is 28.6 Å². The molecule has 0 aliphatic carbocycles. The van der Waals surface area contributed by atoms with E-state index < -0.39 is 6.10 Å². The van der Waals surface area contributed by atoms with E-state index >= 15 is 0 Å². The molecule has 0 aliphatic heterocycles. The van der Waals surface area contributed by atoms with Crippen LogP contribution in [0.25, 0.3) is 0 Å². The third-order valence-electron chi connectivity index (χ3n) is 10.1. The maximum atomic E-state index is 12.8. The van der Waals surface area contributed by atoms with Crippen LogP contribution in [0.4, 0.5) is 0 Å². The molecule has 0 unspecified atom stereocenters. The molecular weight excluding hydrogens is 805 g/mol. The van der Waals surface area contributed by atoms with E-state index in [0.29, 0.717) is 12.8 Å². The van der Waals surface area contributed by atoms with Crippen molar-refractivity contribution in [3.8, 4) is 0 Å². The minimum absolute atomic E-state index is 0.121. The first-order chi connectivity index (χ1) is 32.0. The summed E-state index contributed by atoms with van der Waals surface area (Å²) in [6.45, 7) is 6.25. The van der Waals surface area contributed by atoms with Crippen molar-refractivity contribution in [2.75, 3.05) is 13.2 Å². The van der Waals surface area contributed by atoms with Gasteiger partial charge in [-0.2, -0.15) is 0 Å². The van der Waals surface area contributed by atoms with Gasteiger partial charge in [-0.15, -0.1) is 0 Å². The van der Waals surface area contributed by atoms with Crippen LogP contribution in [0, 0.1) is 0 Å². The Morgan fingerprint density at radius 1 is 0.323 bits per heavy atom. The van der Waals surface area contributed by atoms with E-state index in [1.54, 1.807) is 0 Å². The average Bonchev–Trinajstić information content (AvgIpc) is 3.30. The maximum Gasteiger partial charge on any atom is 0.306 e. The molecule has 0 saturated heterocycles. The largest absolute Gasteiger partial charge is 0.462 e.